The first-order valence-electron chi connectivity index (χ1n) is 12.8. The van der Waals surface area contributed by atoms with Crippen molar-refractivity contribution in [2.24, 2.45) is 16.8 Å². The van der Waals surface area contributed by atoms with E-state index in [-0.39, 0.29) is 30.2 Å². The van der Waals surface area contributed by atoms with Gasteiger partial charge in [-0.25, -0.2) is 4.99 Å². The van der Waals surface area contributed by atoms with E-state index >= 15 is 0 Å². The molecular formula is C26H40ClN5O4. The summed E-state index contributed by atoms with van der Waals surface area (Å²) in [6.45, 7) is 11.0. The summed E-state index contributed by atoms with van der Waals surface area (Å²) >= 11 is 6.14. The second kappa shape index (κ2) is 14.3. The average Bonchev–Trinajstić information content (AvgIpc) is 3.64. The number of amides is 2. The van der Waals surface area contributed by atoms with Crippen molar-refractivity contribution in [2.45, 2.75) is 66.3 Å². The van der Waals surface area contributed by atoms with Gasteiger partial charge in [0.1, 0.15) is 18.3 Å². The number of anilines is 1. The molecule has 4 rings (SSSR count). The van der Waals surface area contributed by atoms with Gasteiger partial charge < -0.3 is 25.7 Å². The molecule has 200 valence electrons. The molecule has 0 radical (unpaired) electrons. The van der Waals surface area contributed by atoms with Crippen LogP contribution in [0.15, 0.2) is 29.3 Å². The number of aliphatic imine (C=N–C) groups is 1. The molecule has 1 aliphatic carbocycles. The van der Waals surface area contributed by atoms with Crippen LogP contribution in [0.2, 0.25) is 5.02 Å². The van der Waals surface area contributed by atoms with Crippen molar-refractivity contribution in [3.63, 3.8) is 0 Å². The van der Waals surface area contributed by atoms with Crippen LogP contribution in [0.4, 0.5) is 5.69 Å². The van der Waals surface area contributed by atoms with Gasteiger partial charge in [0.2, 0.25) is 11.8 Å². The molecule has 2 aliphatic heterocycles. The molecule has 0 spiro atoms. The molecule has 2 fully saturated rings. The quantitative estimate of drug-likeness (QED) is 0.334. The van der Waals surface area contributed by atoms with E-state index < -0.39 is 12.5 Å². The normalized spacial score (nSPS) is 21.7. The van der Waals surface area contributed by atoms with Gasteiger partial charge >= 0.3 is 0 Å². The molecule has 5 N–H and O–H groups in total. The Morgan fingerprint density at radius 3 is 2.56 bits per heavy atom. The monoisotopic (exact) mass is 521 g/mol. The third-order valence-corrected chi connectivity index (χ3v) is 6.10. The van der Waals surface area contributed by atoms with E-state index in [4.69, 9.17) is 11.6 Å². The number of nitrogens with zero attached hydrogens (tertiary/aromatic N) is 2. The largest absolute Gasteiger partial charge is 0.377 e. The molecule has 2 heterocycles. The van der Waals surface area contributed by atoms with Crippen molar-refractivity contribution in [1.29, 1.82) is 0 Å². The van der Waals surface area contributed by atoms with E-state index in [1.807, 2.05) is 27.7 Å². The topological polar surface area (TPSA) is 126 Å². The number of halogens is 1. The molecule has 9 nitrogen and oxygen atoms in total. The molecule has 3 unspecified atom stereocenters. The number of carbonyl (C=O) groups is 2. The Labute approximate surface area is 219 Å². The smallest absolute Gasteiger partial charge is 0.227 e. The van der Waals surface area contributed by atoms with E-state index in [0.717, 1.165) is 12.8 Å². The molecule has 0 aromatic heterocycles. The Morgan fingerprint density at radius 1 is 1.28 bits per heavy atom. The zero-order valence-corrected chi connectivity index (χ0v) is 22.6. The Balaban J connectivity index is 0.00000109. The van der Waals surface area contributed by atoms with Crippen LogP contribution in [0.25, 0.3) is 5.70 Å². The second-order valence-corrected chi connectivity index (χ2v) is 8.97. The number of hydrogen-bond acceptors (Lipinski definition) is 7. The molecule has 3 aliphatic rings. The average molecular weight is 522 g/mol. The van der Waals surface area contributed by atoms with Crippen molar-refractivity contribution in [1.82, 2.24) is 15.5 Å². The van der Waals surface area contributed by atoms with Crippen LogP contribution in [0.3, 0.4) is 0 Å². The van der Waals surface area contributed by atoms with Gasteiger partial charge in [-0.05, 0) is 50.0 Å². The van der Waals surface area contributed by atoms with Gasteiger partial charge in [0, 0.05) is 36.0 Å². The Kier molecular flexibility index (Phi) is 11.8. The maximum absolute atomic E-state index is 12.3. The fraction of sp³-hybridized carbons (Fsp3) is 0.577. The third-order valence-electron chi connectivity index (χ3n) is 5.86. The lowest BCUT2D eigenvalue weighted by Crippen LogP contribution is -2.49. The predicted molar refractivity (Wildman–Crippen MR) is 144 cm³/mol. The molecular weight excluding hydrogens is 482 g/mol. The number of rotatable bonds is 8. The molecule has 10 heteroatoms. The summed E-state index contributed by atoms with van der Waals surface area (Å²) in [5.74, 6) is 0.692. The lowest BCUT2D eigenvalue weighted by atomic mass is 10.1. The fourth-order valence-electron chi connectivity index (χ4n) is 3.87. The first-order chi connectivity index (χ1) is 17.3. The van der Waals surface area contributed by atoms with E-state index in [2.05, 4.69) is 20.9 Å². The van der Waals surface area contributed by atoms with Gasteiger partial charge in [-0.15, -0.1) is 0 Å². The van der Waals surface area contributed by atoms with Crippen LogP contribution in [-0.4, -0.2) is 64.9 Å². The first-order valence-corrected chi connectivity index (χ1v) is 13.2. The molecule has 36 heavy (non-hydrogen) atoms. The summed E-state index contributed by atoms with van der Waals surface area (Å²) in [6.07, 6.45) is 1.90. The number of β-amino-alcohol motifs (C(OH)–C–C–N with tert-alkyl or cyclic N) is 1. The highest BCUT2D eigenvalue weighted by molar-refractivity contribution is 6.31. The van der Waals surface area contributed by atoms with E-state index in [9.17, 15) is 19.8 Å². The van der Waals surface area contributed by atoms with Crippen LogP contribution in [0.1, 0.15) is 59.4 Å². The zero-order valence-electron chi connectivity index (χ0n) is 21.8. The molecule has 2 amide bonds. The van der Waals surface area contributed by atoms with Crippen molar-refractivity contribution in [3.05, 3.63) is 34.9 Å². The van der Waals surface area contributed by atoms with Gasteiger partial charge in [0.25, 0.3) is 0 Å². The first kappa shape index (κ1) is 29.8. The number of hydrogen-bond donors (Lipinski definition) is 5. The maximum Gasteiger partial charge on any atom is 0.227 e. The fourth-order valence-corrected chi connectivity index (χ4v) is 4.05. The minimum Gasteiger partial charge on any atom is -0.377 e. The standard InChI is InChI=1S/C22H28ClN5O4.2C2H6/c1-12-26-18(16-5-4-15(23)7-17(16)27-22(32)14-2-3-14)8-21(31)28(12)11-20(30)25-10-13-6-19(29)24-9-13;2*1-2/h4-5,7-8,13-14,20-21,25,30-31H,2-3,6,9-11H2,1H3,(H,24,29)(H,27,32);2*1-2H3. The number of carbonyl (C=O) groups excluding carboxylic acids is 2. The lowest BCUT2D eigenvalue weighted by Gasteiger charge is -2.33. The van der Waals surface area contributed by atoms with Gasteiger partial charge in [0.05, 0.1) is 17.9 Å². The molecule has 3 atom stereocenters. The highest BCUT2D eigenvalue weighted by atomic mass is 35.5. The summed E-state index contributed by atoms with van der Waals surface area (Å²) in [7, 11) is 0. The summed E-state index contributed by atoms with van der Waals surface area (Å²) in [6, 6.07) is 5.16. The minimum atomic E-state index is -1.00. The zero-order chi connectivity index (χ0) is 26.8. The van der Waals surface area contributed by atoms with E-state index in [0.29, 0.717) is 47.3 Å². The van der Waals surface area contributed by atoms with E-state index in [1.54, 1.807) is 36.1 Å². The third kappa shape index (κ3) is 8.30. The van der Waals surface area contributed by atoms with Gasteiger partial charge in [-0.1, -0.05) is 39.3 Å². The molecule has 1 saturated carbocycles. The molecule has 0 bridgehead atoms. The van der Waals surface area contributed by atoms with Gasteiger partial charge in [0.15, 0.2) is 0 Å². The van der Waals surface area contributed by atoms with Crippen LogP contribution >= 0.6 is 11.6 Å². The Bertz CT molecular complexity index is 964. The van der Waals surface area contributed by atoms with Crippen molar-refractivity contribution in [2.75, 3.05) is 25.0 Å². The summed E-state index contributed by atoms with van der Waals surface area (Å²) in [5.41, 5.74) is 1.74. The summed E-state index contributed by atoms with van der Waals surface area (Å²) in [4.78, 5) is 29.7. The molecule has 1 saturated heterocycles. The van der Waals surface area contributed by atoms with Crippen LogP contribution in [0, 0.1) is 11.8 Å². The maximum atomic E-state index is 12.3. The van der Waals surface area contributed by atoms with Crippen LogP contribution in [-0.2, 0) is 9.59 Å². The van der Waals surface area contributed by atoms with Crippen molar-refractivity contribution in [3.8, 4) is 0 Å². The van der Waals surface area contributed by atoms with Crippen LogP contribution < -0.4 is 16.0 Å². The van der Waals surface area contributed by atoms with Crippen molar-refractivity contribution < 1.29 is 19.8 Å². The number of aliphatic hydroxyl groups excluding tert-OH is 2. The van der Waals surface area contributed by atoms with Gasteiger partial charge in [-0.2, -0.15) is 0 Å². The minimum absolute atomic E-state index is 0.0216. The van der Waals surface area contributed by atoms with E-state index in [1.165, 1.54) is 0 Å². The van der Waals surface area contributed by atoms with Crippen molar-refractivity contribution >= 4 is 40.6 Å². The van der Waals surface area contributed by atoms with Crippen LogP contribution in [0.5, 0.6) is 0 Å². The second-order valence-electron chi connectivity index (χ2n) is 8.53. The number of benzene rings is 1. The van der Waals surface area contributed by atoms with Gasteiger partial charge in [-0.3, -0.25) is 14.9 Å². The SMILES string of the molecule is CC.CC.CC1=NC(c2ccc(Cl)cc2NC(=O)C2CC2)=CC(O)N1CC(O)NCC1CNC(=O)C1. The molecule has 1 aromatic rings. The highest BCUT2D eigenvalue weighted by Gasteiger charge is 2.31. The highest BCUT2D eigenvalue weighted by Crippen LogP contribution is 2.34. The molecule has 1 aromatic carbocycles. The predicted octanol–water partition coefficient (Wildman–Crippen LogP) is 3.18. The summed E-state index contributed by atoms with van der Waals surface area (Å²) in [5, 5.41) is 30.3. The Hall–Kier alpha value is -2.46. The summed E-state index contributed by atoms with van der Waals surface area (Å²) < 4.78 is 0. The Morgan fingerprint density at radius 2 is 1.97 bits per heavy atom. The lowest BCUT2D eigenvalue weighted by molar-refractivity contribution is -0.119. The number of aliphatic hydroxyl groups is 2. The number of amidine groups is 1. The number of nitrogens with one attached hydrogen (secondary N) is 3.